The van der Waals surface area contributed by atoms with Crippen LogP contribution in [0.25, 0.3) is 6.08 Å². The third-order valence-corrected chi connectivity index (χ3v) is 5.14. The summed E-state index contributed by atoms with van der Waals surface area (Å²) < 4.78 is 5.97. The molecule has 0 aliphatic carbocycles. The van der Waals surface area contributed by atoms with Crippen molar-refractivity contribution in [3.05, 3.63) is 56.2 Å². The highest BCUT2D eigenvalue weighted by Crippen LogP contribution is 2.25. The number of halogens is 1. The smallest absolute Gasteiger partial charge is 0.331 e. The highest BCUT2D eigenvalue weighted by atomic mass is 79.9. The molecule has 4 amide bonds. The minimum atomic E-state index is -0.727. The van der Waals surface area contributed by atoms with Crippen LogP contribution in [-0.2, 0) is 16.1 Å². The Kier molecular flexibility index (Phi) is 5.00. The van der Waals surface area contributed by atoms with Crippen LogP contribution in [0.5, 0.6) is 5.75 Å². The number of thiophene rings is 1. The fourth-order valence-corrected chi connectivity index (χ4v) is 3.67. The van der Waals surface area contributed by atoms with Crippen LogP contribution < -0.4 is 10.1 Å². The topological polar surface area (TPSA) is 75.7 Å². The quantitative estimate of drug-likeness (QED) is 0.608. The molecule has 128 valence electrons. The second-order valence-electron chi connectivity index (χ2n) is 5.20. The SMILES string of the molecule is COc1ccc(CN2C(=O)NC(=O)/C(=C\c3ccc(Br)s3)C2=O)cc1. The summed E-state index contributed by atoms with van der Waals surface area (Å²) in [6.07, 6.45) is 1.49. The van der Waals surface area contributed by atoms with Gasteiger partial charge in [-0.2, -0.15) is 0 Å². The molecule has 2 heterocycles. The summed E-state index contributed by atoms with van der Waals surface area (Å²) in [5.74, 6) is -0.628. The van der Waals surface area contributed by atoms with Crippen molar-refractivity contribution < 1.29 is 19.1 Å². The minimum Gasteiger partial charge on any atom is -0.497 e. The highest BCUT2D eigenvalue weighted by Gasteiger charge is 2.35. The number of hydrogen-bond acceptors (Lipinski definition) is 5. The molecular weight excluding hydrogens is 408 g/mol. The highest BCUT2D eigenvalue weighted by molar-refractivity contribution is 9.11. The van der Waals surface area contributed by atoms with Gasteiger partial charge in [0.1, 0.15) is 11.3 Å². The second kappa shape index (κ2) is 7.20. The van der Waals surface area contributed by atoms with Crippen molar-refractivity contribution in [2.24, 2.45) is 0 Å². The van der Waals surface area contributed by atoms with E-state index in [0.717, 1.165) is 19.1 Å². The third kappa shape index (κ3) is 3.80. The lowest BCUT2D eigenvalue weighted by atomic mass is 10.1. The number of imide groups is 2. The van der Waals surface area contributed by atoms with Crippen LogP contribution >= 0.6 is 27.3 Å². The molecule has 25 heavy (non-hydrogen) atoms. The van der Waals surface area contributed by atoms with Gasteiger partial charge in [0.2, 0.25) is 0 Å². The molecule has 0 unspecified atom stereocenters. The molecule has 0 atom stereocenters. The number of rotatable bonds is 4. The number of methoxy groups -OCH3 is 1. The standard InChI is InChI=1S/C17H13BrN2O4S/c1-24-11-4-2-10(3-5-11)9-20-16(22)13(15(21)19-17(20)23)8-12-6-7-14(18)25-12/h2-8H,9H2,1H3,(H,19,21,23)/b13-8+. The largest absolute Gasteiger partial charge is 0.497 e. The average molecular weight is 421 g/mol. The maximum Gasteiger partial charge on any atom is 0.331 e. The van der Waals surface area contributed by atoms with Crippen LogP contribution in [0.15, 0.2) is 45.8 Å². The number of ether oxygens (including phenoxy) is 1. The van der Waals surface area contributed by atoms with Crippen LogP contribution in [0.1, 0.15) is 10.4 Å². The molecule has 1 saturated heterocycles. The summed E-state index contributed by atoms with van der Waals surface area (Å²) >= 11 is 4.72. The first-order valence-electron chi connectivity index (χ1n) is 7.25. The molecule has 1 fully saturated rings. The van der Waals surface area contributed by atoms with Gasteiger partial charge < -0.3 is 4.74 Å². The Morgan fingerprint density at radius 2 is 1.88 bits per heavy atom. The van der Waals surface area contributed by atoms with Crippen LogP contribution in [0, 0.1) is 0 Å². The summed E-state index contributed by atoms with van der Waals surface area (Å²) in [6.45, 7) is 0.0629. The molecule has 0 bridgehead atoms. The van der Waals surface area contributed by atoms with Crippen LogP contribution in [0.4, 0.5) is 4.79 Å². The van der Waals surface area contributed by atoms with Crippen molar-refractivity contribution in [2.75, 3.05) is 7.11 Å². The van der Waals surface area contributed by atoms with E-state index >= 15 is 0 Å². The van der Waals surface area contributed by atoms with Crippen molar-refractivity contribution in [2.45, 2.75) is 6.54 Å². The average Bonchev–Trinajstić information content (AvgIpc) is 3.01. The summed E-state index contributed by atoms with van der Waals surface area (Å²) in [5.41, 5.74) is 0.680. The van der Waals surface area contributed by atoms with Gasteiger partial charge in [0, 0.05) is 4.88 Å². The number of carbonyl (C=O) groups excluding carboxylic acids is 3. The Hall–Kier alpha value is -2.45. The van der Waals surface area contributed by atoms with Gasteiger partial charge in [-0.3, -0.25) is 19.8 Å². The fraction of sp³-hybridized carbons (Fsp3) is 0.118. The molecule has 6 nitrogen and oxygen atoms in total. The van der Waals surface area contributed by atoms with E-state index in [1.54, 1.807) is 37.4 Å². The van der Waals surface area contributed by atoms with Crippen molar-refractivity contribution in [3.63, 3.8) is 0 Å². The van der Waals surface area contributed by atoms with Crippen LogP contribution in [-0.4, -0.2) is 29.9 Å². The number of hydrogen-bond donors (Lipinski definition) is 1. The van der Waals surface area contributed by atoms with Crippen molar-refractivity contribution >= 4 is 51.2 Å². The zero-order valence-electron chi connectivity index (χ0n) is 13.1. The molecule has 0 spiro atoms. The van der Waals surface area contributed by atoms with Crippen LogP contribution in [0.3, 0.4) is 0 Å². The Balaban J connectivity index is 1.85. The van der Waals surface area contributed by atoms with E-state index < -0.39 is 17.8 Å². The van der Waals surface area contributed by atoms with Gasteiger partial charge in [-0.05, 0) is 51.8 Å². The molecule has 2 aromatic rings. The number of carbonyl (C=O) groups is 3. The van der Waals surface area contributed by atoms with E-state index in [2.05, 4.69) is 21.2 Å². The molecule has 3 rings (SSSR count). The summed E-state index contributed by atoms with van der Waals surface area (Å²) in [7, 11) is 1.56. The van der Waals surface area contributed by atoms with Gasteiger partial charge in [-0.15, -0.1) is 11.3 Å². The van der Waals surface area contributed by atoms with Crippen molar-refractivity contribution in [1.82, 2.24) is 10.2 Å². The van der Waals surface area contributed by atoms with Gasteiger partial charge in [0.05, 0.1) is 17.4 Å². The predicted octanol–water partition coefficient (Wildman–Crippen LogP) is 3.18. The molecule has 1 aromatic carbocycles. The molecule has 0 saturated carbocycles. The third-order valence-electron chi connectivity index (χ3n) is 3.57. The van der Waals surface area contributed by atoms with E-state index in [0.29, 0.717) is 5.75 Å². The maximum atomic E-state index is 12.6. The molecule has 1 N–H and O–H groups in total. The summed E-state index contributed by atoms with van der Waals surface area (Å²) in [6, 6.07) is 9.88. The van der Waals surface area contributed by atoms with Gasteiger partial charge in [0.25, 0.3) is 11.8 Å². The zero-order chi connectivity index (χ0) is 18.0. The van der Waals surface area contributed by atoms with E-state index in [1.165, 1.54) is 17.4 Å². The lowest BCUT2D eigenvalue weighted by molar-refractivity contribution is -0.130. The number of benzene rings is 1. The molecule has 8 heteroatoms. The Morgan fingerprint density at radius 1 is 1.16 bits per heavy atom. The molecule has 1 aliphatic rings. The Labute approximate surface area is 156 Å². The van der Waals surface area contributed by atoms with Gasteiger partial charge in [0.15, 0.2) is 0 Å². The number of urea groups is 1. The minimum absolute atomic E-state index is 0.0629. The summed E-state index contributed by atoms with van der Waals surface area (Å²) in [5, 5.41) is 2.21. The number of nitrogens with zero attached hydrogens (tertiary/aromatic N) is 1. The summed E-state index contributed by atoms with van der Waals surface area (Å²) in [4.78, 5) is 38.5. The monoisotopic (exact) mass is 420 g/mol. The lowest BCUT2D eigenvalue weighted by Gasteiger charge is -2.26. The second-order valence-corrected chi connectivity index (χ2v) is 7.69. The van der Waals surface area contributed by atoms with Crippen molar-refractivity contribution in [3.8, 4) is 5.75 Å². The molecule has 1 aliphatic heterocycles. The Bertz CT molecular complexity index is 873. The molecule has 1 aromatic heterocycles. The van der Waals surface area contributed by atoms with E-state index in [-0.39, 0.29) is 12.1 Å². The predicted molar refractivity (Wildman–Crippen MR) is 97.1 cm³/mol. The lowest BCUT2D eigenvalue weighted by Crippen LogP contribution is -2.53. The van der Waals surface area contributed by atoms with E-state index in [4.69, 9.17) is 4.74 Å². The van der Waals surface area contributed by atoms with E-state index in [9.17, 15) is 14.4 Å². The fourth-order valence-electron chi connectivity index (χ4n) is 2.30. The Morgan fingerprint density at radius 3 is 2.48 bits per heavy atom. The normalized spacial score (nSPS) is 16.3. The molecular formula is C17H13BrN2O4S. The first kappa shape index (κ1) is 17.4. The van der Waals surface area contributed by atoms with Gasteiger partial charge >= 0.3 is 6.03 Å². The van der Waals surface area contributed by atoms with Crippen LogP contribution in [0.2, 0.25) is 0 Å². The zero-order valence-corrected chi connectivity index (χ0v) is 15.5. The number of amides is 4. The van der Waals surface area contributed by atoms with Gasteiger partial charge in [-0.25, -0.2) is 4.79 Å². The first-order valence-corrected chi connectivity index (χ1v) is 8.86. The van der Waals surface area contributed by atoms with Crippen molar-refractivity contribution in [1.29, 1.82) is 0 Å². The van der Waals surface area contributed by atoms with E-state index in [1.807, 2.05) is 6.07 Å². The maximum absolute atomic E-state index is 12.6. The number of barbiturate groups is 1. The number of nitrogens with one attached hydrogen (secondary N) is 1. The first-order chi connectivity index (χ1) is 12.0. The van der Waals surface area contributed by atoms with Gasteiger partial charge in [-0.1, -0.05) is 12.1 Å². The molecule has 0 radical (unpaired) electrons.